The first-order valence-electron chi connectivity index (χ1n) is 6.64. The molecule has 6 heteroatoms. The summed E-state index contributed by atoms with van der Waals surface area (Å²) < 4.78 is 25.9. The number of hydrogen-bond donors (Lipinski definition) is 2. The summed E-state index contributed by atoms with van der Waals surface area (Å²) in [5, 5.41) is 12.0. The van der Waals surface area contributed by atoms with Crippen LogP contribution in [-0.4, -0.2) is 34.9 Å². The van der Waals surface area contributed by atoms with Crippen LogP contribution >= 0.6 is 0 Å². The summed E-state index contributed by atoms with van der Waals surface area (Å²) in [4.78, 5) is 23.9. The zero-order valence-electron chi connectivity index (χ0n) is 12.3. The third kappa shape index (κ3) is 3.89. The molecule has 0 saturated carbocycles. The highest BCUT2D eigenvalue weighted by atomic mass is 19.3. The fourth-order valence-corrected chi connectivity index (χ4v) is 1.81. The van der Waals surface area contributed by atoms with Crippen molar-refractivity contribution in [3.05, 3.63) is 35.4 Å². The number of nitrogens with one attached hydrogen (secondary N) is 1. The number of ketones is 1. The summed E-state index contributed by atoms with van der Waals surface area (Å²) in [5.41, 5.74) is -1.95. The van der Waals surface area contributed by atoms with E-state index in [0.29, 0.717) is 5.56 Å². The molecule has 0 aliphatic heterocycles. The van der Waals surface area contributed by atoms with E-state index < -0.39 is 29.8 Å². The van der Waals surface area contributed by atoms with Crippen LogP contribution in [0.4, 0.5) is 8.78 Å². The molecular formula is C16H17F2NO3. The standard InChI is InChI=1S/C16H17F2NO3/c1-4-10-6-8-11(9-7-10)14(21)19-13(12(20)5-2)16(3,22)15(17)18/h1,6-9,13,15,22H,5H2,2-3H3,(H,19,21)/t13-,16+/m1/s1. The normalized spacial score (nSPS) is 14.8. The lowest BCUT2D eigenvalue weighted by Crippen LogP contribution is -2.59. The minimum atomic E-state index is -3.18. The summed E-state index contributed by atoms with van der Waals surface area (Å²) in [6.07, 6.45) is 1.92. The summed E-state index contributed by atoms with van der Waals surface area (Å²) in [5.74, 6) is 0.954. The fourth-order valence-electron chi connectivity index (χ4n) is 1.81. The molecule has 0 aromatic heterocycles. The van der Waals surface area contributed by atoms with Crippen LogP contribution in [0.15, 0.2) is 24.3 Å². The molecule has 2 N–H and O–H groups in total. The number of amides is 1. The molecule has 0 bridgehead atoms. The van der Waals surface area contributed by atoms with Crippen LogP contribution in [0.1, 0.15) is 36.2 Å². The Hall–Kier alpha value is -2.26. The molecule has 118 valence electrons. The van der Waals surface area contributed by atoms with E-state index in [1.54, 1.807) is 0 Å². The van der Waals surface area contributed by atoms with Crippen molar-refractivity contribution in [1.29, 1.82) is 0 Å². The van der Waals surface area contributed by atoms with Crippen molar-refractivity contribution in [2.24, 2.45) is 0 Å². The van der Waals surface area contributed by atoms with Gasteiger partial charge in [-0.15, -0.1) is 6.42 Å². The van der Waals surface area contributed by atoms with Crippen LogP contribution in [-0.2, 0) is 4.79 Å². The first-order chi connectivity index (χ1) is 10.2. The average molecular weight is 309 g/mol. The van der Waals surface area contributed by atoms with Crippen LogP contribution in [0, 0.1) is 12.3 Å². The second-order valence-corrected chi connectivity index (χ2v) is 4.97. The van der Waals surface area contributed by atoms with Crippen LogP contribution in [0.2, 0.25) is 0 Å². The molecule has 0 aliphatic rings. The van der Waals surface area contributed by atoms with Gasteiger partial charge in [-0.05, 0) is 31.2 Å². The number of halogens is 2. The van der Waals surface area contributed by atoms with Gasteiger partial charge < -0.3 is 10.4 Å². The van der Waals surface area contributed by atoms with E-state index >= 15 is 0 Å². The lowest BCUT2D eigenvalue weighted by atomic mass is 9.91. The molecule has 0 fully saturated rings. The molecule has 0 heterocycles. The maximum absolute atomic E-state index is 12.9. The Kier molecular flexibility index (Phi) is 5.77. The molecule has 0 saturated heterocycles. The Bertz CT molecular complexity index is 588. The molecule has 2 atom stereocenters. The maximum Gasteiger partial charge on any atom is 0.269 e. The van der Waals surface area contributed by atoms with Crippen LogP contribution < -0.4 is 5.32 Å². The number of hydrogen-bond acceptors (Lipinski definition) is 3. The van der Waals surface area contributed by atoms with Gasteiger partial charge in [0.2, 0.25) is 0 Å². The fraction of sp³-hybridized carbons (Fsp3) is 0.375. The highest BCUT2D eigenvalue weighted by molar-refractivity contribution is 5.98. The summed E-state index contributed by atoms with van der Waals surface area (Å²) >= 11 is 0. The van der Waals surface area contributed by atoms with E-state index in [-0.39, 0.29) is 12.0 Å². The Morgan fingerprint density at radius 2 is 1.91 bits per heavy atom. The predicted octanol–water partition coefficient (Wildman–Crippen LogP) is 1.76. The smallest absolute Gasteiger partial charge is 0.269 e. The summed E-state index contributed by atoms with van der Waals surface area (Å²) in [6, 6.07) is 4.15. The third-order valence-corrected chi connectivity index (χ3v) is 3.29. The lowest BCUT2D eigenvalue weighted by Gasteiger charge is -2.31. The highest BCUT2D eigenvalue weighted by Gasteiger charge is 2.45. The van der Waals surface area contributed by atoms with Crippen LogP contribution in [0.5, 0.6) is 0 Å². The molecule has 1 rings (SSSR count). The number of Topliss-reactive ketones (excluding diaryl/α,β-unsaturated/α-hetero) is 1. The van der Waals surface area contributed by atoms with Crippen molar-refractivity contribution < 1.29 is 23.5 Å². The van der Waals surface area contributed by atoms with Gasteiger partial charge in [-0.3, -0.25) is 9.59 Å². The van der Waals surface area contributed by atoms with E-state index in [9.17, 15) is 23.5 Å². The lowest BCUT2D eigenvalue weighted by molar-refractivity contribution is -0.140. The van der Waals surface area contributed by atoms with Crippen LogP contribution in [0.25, 0.3) is 0 Å². The van der Waals surface area contributed by atoms with Crippen molar-refractivity contribution in [3.63, 3.8) is 0 Å². The van der Waals surface area contributed by atoms with Crippen molar-refractivity contribution in [3.8, 4) is 12.3 Å². The molecule has 22 heavy (non-hydrogen) atoms. The van der Waals surface area contributed by atoms with Crippen molar-refractivity contribution in [2.45, 2.75) is 38.3 Å². The van der Waals surface area contributed by atoms with E-state index in [1.807, 2.05) is 0 Å². The van der Waals surface area contributed by atoms with E-state index in [2.05, 4.69) is 11.2 Å². The van der Waals surface area contributed by atoms with E-state index in [1.165, 1.54) is 31.2 Å². The number of carbonyl (C=O) groups excluding carboxylic acids is 2. The molecule has 4 nitrogen and oxygen atoms in total. The number of aliphatic hydroxyl groups is 1. The Labute approximate surface area is 127 Å². The second-order valence-electron chi connectivity index (χ2n) is 4.97. The Morgan fingerprint density at radius 1 is 1.36 bits per heavy atom. The van der Waals surface area contributed by atoms with Crippen LogP contribution in [0.3, 0.4) is 0 Å². The minimum Gasteiger partial charge on any atom is -0.382 e. The average Bonchev–Trinajstić information content (AvgIpc) is 2.51. The van der Waals surface area contributed by atoms with Gasteiger partial charge in [0.1, 0.15) is 11.6 Å². The molecular weight excluding hydrogens is 292 g/mol. The molecule has 1 aromatic carbocycles. The largest absolute Gasteiger partial charge is 0.382 e. The van der Waals surface area contributed by atoms with E-state index in [4.69, 9.17) is 6.42 Å². The van der Waals surface area contributed by atoms with Gasteiger partial charge in [-0.2, -0.15) is 0 Å². The molecule has 0 unspecified atom stereocenters. The number of benzene rings is 1. The van der Waals surface area contributed by atoms with Gasteiger partial charge in [-0.25, -0.2) is 8.78 Å². The SMILES string of the molecule is C#Cc1ccc(C(=O)N[C@H](C(=O)CC)[C@](C)(O)C(F)F)cc1. The molecule has 1 aromatic rings. The highest BCUT2D eigenvalue weighted by Crippen LogP contribution is 2.21. The van der Waals surface area contributed by atoms with Gasteiger partial charge in [-0.1, -0.05) is 12.8 Å². The first-order valence-corrected chi connectivity index (χ1v) is 6.64. The molecule has 0 spiro atoms. The van der Waals surface area contributed by atoms with Gasteiger partial charge in [0.05, 0.1) is 0 Å². The van der Waals surface area contributed by atoms with Crippen molar-refractivity contribution >= 4 is 11.7 Å². The third-order valence-electron chi connectivity index (χ3n) is 3.29. The topological polar surface area (TPSA) is 66.4 Å². The number of carbonyl (C=O) groups is 2. The number of terminal acetylenes is 1. The second kappa shape index (κ2) is 7.14. The number of alkyl halides is 2. The van der Waals surface area contributed by atoms with Gasteiger partial charge >= 0.3 is 0 Å². The zero-order chi connectivity index (χ0) is 16.9. The van der Waals surface area contributed by atoms with Gasteiger partial charge in [0.25, 0.3) is 12.3 Å². The first kappa shape index (κ1) is 17.8. The molecule has 0 aliphatic carbocycles. The quantitative estimate of drug-likeness (QED) is 0.787. The molecule has 0 radical (unpaired) electrons. The maximum atomic E-state index is 12.9. The Balaban J connectivity index is 3.01. The Morgan fingerprint density at radius 3 is 2.32 bits per heavy atom. The predicted molar refractivity (Wildman–Crippen MR) is 77.6 cm³/mol. The van der Waals surface area contributed by atoms with Crippen molar-refractivity contribution in [1.82, 2.24) is 5.32 Å². The monoisotopic (exact) mass is 309 g/mol. The summed E-state index contributed by atoms with van der Waals surface area (Å²) in [6.45, 7) is 2.28. The zero-order valence-corrected chi connectivity index (χ0v) is 12.3. The van der Waals surface area contributed by atoms with E-state index in [0.717, 1.165) is 6.92 Å². The molecule has 1 amide bonds. The van der Waals surface area contributed by atoms with Gasteiger partial charge in [0.15, 0.2) is 5.78 Å². The number of rotatable bonds is 6. The van der Waals surface area contributed by atoms with Crippen molar-refractivity contribution in [2.75, 3.05) is 0 Å². The van der Waals surface area contributed by atoms with Gasteiger partial charge in [0, 0.05) is 17.5 Å². The summed E-state index contributed by atoms with van der Waals surface area (Å²) in [7, 11) is 0. The minimum absolute atomic E-state index is 0.0934.